The summed E-state index contributed by atoms with van der Waals surface area (Å²) in [5, 5.41) is 2.93. The molecule has 5 heteroatoms. The SMILES string of the molecule is Cc1ccc(NC(=O)c2ccccc2OC[C@@H]2CCCO2)c(Br)c1. The average molecular weight is 390 g/mol. The summed E-state index contributed by atoms with van der Waals surface area (Å²) in [5.41, 5.74) is 2.38. The number of aryl methyl sites for hydroxylation is 1. The molecule has 0 aliphatic carbocycles. The Labute approximate surface area is 150 Å². The summed E-state index contributed by atoms with van der Waals surface area (Å²) in [6.07, 6.45) is 2.19. The van der Waals surface area contributed by atoms with Crippen LogP contribution in [-0.2, 0) is 4.74 Å². The van der Waals surface area contributed by atoms with E-state index in [9.17, 15) is 4.79 Å². The molecule has 1 heterocycles. The maximum Gasteiger partial charge on any atom is 0.259 e. The second-order valence-corrected chi connectivity index (χ2v) is 6.73. The zero-order valence-electron chi connectivity index (χ0n) is 13.5. The fraction of sp³-hybridized carbons (Fsp3) is 0.316. The molecular weight excluding hydrogens is 370 g/mol. The first kappa shape index (κ1) is 17.0. The number of para-hydroxylation sites is 1. The van der Waals surface area contributed by atoms with E-state index in [1.165, 1.54) is 0 Å². The Morgan fingerprint density at radius 3 is 2.92 bits per heavy atom. The lowest BCUT2D eigenvalue weighted by Crippen LogP contribution is -2.19. The Balaban J connectivity index is 1.72. The van der Waals surface area contributed by atoms with Crippen molar-refractivity contribution >= 4 is 27.5 Å². The zero-order valence-corrected chi connectivity index (χ0v) is 15.1. The highest BCUT2D eigenvalue weighted by Crippen LogP contribution is 2.26. The molecule has 0 aromatic heterocycles. The Bertz CT molecular complexity index is 726. The third-order valence-corrected chi connectivity index (χ3v) is 4.61. The van der Waals surface area contributed by atoms with Gasteiger partial charge in [0, 0.05) is 11.1 Å². The fourth-order valence-corrected chi connectivity index (χ4v) is 3.24. The van der Waals surface area contributed by atoms with Crippen molar-refractivity contribution in [3.8, 4) is 5.75 Å². The molecule has 0 radical (unpaired) electrons. The van der Waals surface area contributed by atoms with Crippen LogP contribution in [0.25, 0.3) is 0 Å². The predicted molar refractivity (Wildman–Crippen MR) is 97.7 cm³/mol. The van der Waals surface area contributed by atoms with Crippen molar-refractivity contribution in [1.82, 2.24) is 0 Å². The second-order valence-electron chi connectivity index (χ2n) is 5.88. The lowest BCUT2D eigenvalue weighted by molar-refractivity contribution is 0.0673. The summed E-state index contributed by atoms with van der Waals surface area (Å²) >= 11 is 3.48. The zero-order chi connectivity index (χ0) is 16.9. The quantitative estimate of drug-likeness (QED) is 0.814. The maximum absolute atomic E-state index is 12.6. The van der Waals surface area contributed by atoms with E-state index in [1.807, 2.05) is 43.3 Å². The highest BCUT2D eigenvalue weighted by molar-refractivity contribution is 9.10. The van der Waals surface area contributed by atoms with Crippen molar-refractivity contribution in [2.75, 3.05) is 18.5 Å². The number of carbonyl (C=O) groups is 1. The summed E-state index contributed by atoms with van der Waals surface area (Å²) in [6.45, 7) is 3.26. The molecule has 3 rings (SSSR count). The maximum atomic E-state index is 12.6. The van der Waals surface area contributed by atoms with E-state index in [0.717, 1.165) is 35.2 Å². The number of nitrogens with one attached hydrogen (secondary N) is 1. The molecule has 2 aromatic rings. The van der Waals surface area contributed by atoms with Gasteiger partial charge in [0.05, 0.1) is 17.4 Å². The first-order chi connectivity index (χ1) is 11.6. The van der Waals surface area contributed by atoms with E-state index < -0.39 is 0 Å². The van der Waals surface area contributed by atoms with Gasteiger partial charge in [-0.25, -0.2) is 0 Å². The van der Waals surface area contributed by atoms with Crippen LogP contribution in [-0.4, -0.2) is 25.2 Å². The van der Waals surface area contributed by atoms with Gasteiger partial charge in [0.25, 0.3) is 5.91 Å². The van der Waals surface area contributed by atoms with Crippen LogP contribution in [0.5, 0.6) is 5.75 Å². The molecule has 1 amide bonds. The van der Waals surface area contributed by atoms with Crippen molar-refractivity contribution in [2.24, 2.45) is 0 Å². The van der Waals surface area contributed by atoms with E-state index >= 15 is 0 Å². The molecule has 0 bridgehead atoms. The van der Waals surface area contributed by atoms with Gasteiger partial charge in [-0.15, -0.1) is 0 Å². The van der Waals surface area contributed by atoms with E-state index in [4.69, 9.17) is 9.47 Å². The molecule has 126 valence electrons. The number of rotatable bonds is 5. The van der Waals surface area contributed by atoms with Crippen LogP contribution in [0.4, 0.5) is 5.69 Å². The largest absolute Gasteiger partial charge is 0.490 e. The van der Waals surface area contributed by atoms with Crippen LogP contribution in [0.2, 0.25) is 0 Å². The van der Waals surface area contributed by atoms with E-state index in [0.29, 0.717) is 17.9 Å². The van der Waals surface area contributed by atoms with Gasteiger partial charge >= 0.3 is 0 Å². The highest BCUT2D eigenvalue weighted by Gasteiger charge is 2.18. The number of amides is 1. The van der Waals surface area contributed by atoms with Crippen molar-refractivity contribution in [3.63, 3.8) is 0 Å². The van der Waals surface area contributed by atoms with Gasteiger partial charge < -0.3 is 14.8 Å². The number of anilines is 1. The molecule has 24 heavy (non-hydrogen) atoms. The van der Waals surface area contributed by atoms with Crippen LogP contribution in [0.15, 0.2) is 46.9 Å². The van der Waals surface area contributed by atoms with Gasteiger partial charge in [0.1, 0.15) is 12.4 Å². The third-order valence-electron chi connectivity index (χ3n) is 3.95. The molecule has 1 N–H and O–H groups in total. The number of ether oxygens (including phenoxy) is 2. The van der Waals surface area contributed by atoms with Gasteiger partial charge in [-0.05, 0) is 65.5 Å². The molecule has 4 nitrogen and oxygen atoms in total. The number of carbonyl (C=O) groups excluding carboxylic acids is 1. The fourth-order valence-electron chi connectivity index (χ4n) is 2.65. The number of halogens is 1. The van der Waals surface area contributed by atoms with Crippen LogP contribution in [0, 0.1) is 6.92 Å². The third kappa shape index (κ3) is 4.16. The summed E-state index contributed by atoms with van der Waals surface area (Å²) in [7, 11) is 0. The van der Waals surface area contributed by atoms with Crippen LogP contribution < -0.4 is 10.1 Å². The standard InChI is InChI=1S/C19H20BrNO3/c1-13-8-9-17(16(20)11-13)21-19(22)15-6-2-3-7-18(15)24-12-14-5-4-10-23-14/h2-3,6-9,11,14H,4-5,10,12H2,1H3,(H,21,22)/t14-/m0/s1. The Morgan fingerprint density at radius 1 is 1.33 bits per heavy atom. The number of hydrogen-bond acceptors (Lipinski definition) is 3. The smallest absolute Gasteiger partial charge is 0.259 e. The van der Waals surface area contributed by atoms with Gasteiger partial charge in [0.15, 0.2) is 0 Å². The van der Waals surface area contributed by atoms with Crippen molar-refractivity contribution < 1.29 is 14.3 Å². The molecule has 0 unspecified atom stereocenters. The highest BCUT2D eigenvalue weighted by atomic mass is 79.9. The number of hydrogen-bond donors (Lipinski definition) is 1. The molecule has 0 spiro atoms. The molecule has 1 aliphatic heterocycles. The molecule has 1 aliphatic rings. The van der Waals surface area contributed by atoms with Crippen molar-refractivity contribution in [3.05, 3.63) is 58.1 Å². The predicted octanol–water partition coefficient (Wildman–Crippen LogP) is 4.57. The lowest BCUT2D eigenvalue weighted by Gasteiger charge is -2.15. The Kier molecular flexibility index (Phi) is 5.53. The topological polar surface area (TPSA) is 47.6 Å². The van der Waals surface area contributed by atoms with E-state index in [-0.39, 0.29) is 12.0 Å². The Hall–Kier alpha value is -1.85. The van der Waals surface area contributed by atoms with Crippen molar-refractivity contribution in [1.29, 1.82) is 0 Å². The average Bonchev–Trinajstić information content (AvgIpc) is 3.09. The molecule has 2 aromatic carbocycles. The second kappa shape index (κ2) is 7.81. The van der Waals surface area contributed by atoms with Crippen LogP contribution >= 0.6 is 15.9 Å². The van der Waals surface area contributed by atoms with Gasteiger partial charge in [-0.2, -0.15) is 0 Å². The molecule has 1 fully saturated rings. The molecule has 1 saturated heterocycles. The van der Waals surface area contributed by atoms with Gasteiger partial charge in [0.2, 0.25) is 0 Å². The van der Waals surface area contributed by atoms with Crippen LogP contribution in [0.3, 0.4) is 0 Å². The monoisotopic (exact) mass is 389 g/mol. The van der Waals surface area contributed by atoms with Crippen molar-refractivity contribution in [2.45, 2.75) is 25.9 Å². The molecule has 1 atom stereocenters. The van der Waals surface area contributed by atoms with Crippen LogP contribution in [0.1, 0.15) is 28.8 Å². The Morgan fingerprint density at radius 2 is 2.17 bits per heavy atom. The number of benzene rings is 2. The first-order valence-corrected chi connectivity index (χ1v) is 8.84. The minimum Gasteiger partial charge on any atom is -0.490 e. The first-order valence-electron chi connectivity index (χ1n) is 8.04. The minimum atomic E-state index is -0.192. The summed E-state index contributed by atoms with van der Waals surface area (Å²) in [5.74, 6) is 0.385. The minimum absolute atomic E-state index is 0.118. The van der Waals surface area contributed by atoms with Gasteiger partial charge in [-0.1, -0.05) is 18.2 Å². The van der Waals surface area contributed by atoms with E-state index in [1.54, 1.807) is 6.07 Å². The van der Waals surface area contributed by atoms with Gasteiger partial charge in [-0.3, -0.25) is 4.79 Å². The molecule has 0 saturated carbocycles. The summed E-state index contributed by atoms with van der Waals surface area (Å²) < 4.78 is 12.3. The summed E-state index contributed by atoms with van der Waals surface area (Å²) in [6, 6.07) is 13.1. The lowest BCUT2D eigenvalue weighted by atomic mass is 10.1. The molecular formula is C19H20BrNO3. The summed E-state index contributed by atoms with van der Waals surface area (Å²) in [4.78, 5) is 12.6. The van der Waals surface area contributed by atoms with E-state index in [2.05, 4.69) is 21.2 Å². The normalized spacial score (nSPS) is 16.8.